The normalized spacial score (nSPS) is 17.3. The van der Waals surface area contributed by atoms with Gasteiger partial charge in [-0.2, -0.15) is 13.2 Å². The number of anilines is 1. The van der Waals surface area contributed by atoms with Crippen molar-refractivity contribution < 1.29 is 17.9 Å². The van der Waals surface area contributed by atoms with E-state index in [9.17, 15) is 13.2 Å². The molecule has 0 saturated carbocycles. The van der Waals surface area contributed by atoms with Gasteiger partial charge in [0.25, 0.3) is 0 Å². The summed E-state index contributed by atoms with van der Waals surface area (Å²) < 4.78 is 44.2. The van der Waals surface area contributed by atoms with E-state index in [-0.39, 0.29) is 18.2 Å². The van der Waals surface area contributed by atoms with E-state index in [1.807, 2.05) is 6.92 Å². The standard InChI is InChI=1S/C15H21F3N2O/c1-2-21-13-5-7-20(8-6-13)12-3-4-14(15(16,17)18)11(9-12)10-19/h3-4,9,13H,2,5-8,10,19H2,1H3. The lowest BCUT2D eigenvalue weighted by atomic mass is 10.0. The van der Waals surface area contributed by atoms with Gasteiger partial charge in [0.15, 0.2) is 0 Å². The molecule has 2 rings (SSSR count). The average molecular weight is 302 g/mol. The first kappa shape index (κ1) is 16.1. The fraction of sp³-hybridized carbons (Fsp3) is 0.600. The maximum absolute atomic E-state index is 12.9. The Kier molecular flexibility index (Phi) is 5.11. The second-order valence-corrected chi connectivity index (χ2v) is 5.19. The molecule has 21 heavy (non-hydrogen) atoms. The molecule has 3 nitrogen and oxygen atoms in total. The second kappa shape index (κ2) is 6.66. The summed E-state index contributed by atoms with van der Waals surface area (Å²) in [5, 5.41) is 0. The minimum absolute atomic E-state index is 0.113. The number of alkyl halides is 3. The van der Waals surface area contributed by atoms with Crippen LogP contribution in [-0.2, 0) is 17.5 Å². The molecule has 0 bridgehead atoms. The van der Waals surface area contributed by atoms with Crippen LogP contribution < -0.4 is 10.6 Å². The minimum atomic E-state index is -4.35. The molecule has 1 fully saturated rings. The molecule has 0 atom stereocenters. The number of nitrogens with two attached hydrogens (primary N) is 1. The predicted molar refractivity (Wildman–Crippen MR) is 76.2 cm³/mol. The summed E-state index contributed by atoms with van der Waals surface area (Å²) in [4.78, 5) is 2.09. The smallest absolute Gasteiger partial charge is 0.378 e. The van der Waals surface area contributed by atoms with Gasteiger partial charge < -0.3 is 15.4 Å². The molecule has 0 aliphatic carbocycles. The van der Waals surface area contributed by atoms with Crippen LogP contribution in [-0.4, -0.2) is 25.8 Å². The van der Waals surface area contributed by atoms with Crippen molar-refractivity contribution in [1.82, 2.24) is 0 Å². The zero-order chi connectivity index (χ0) is 15.5. The highest BCUT2D eigenvalue weighted by Gasteiger charge is 2.33. The Bertz CT molecular complexity index is 468. The van der Waals surface area contributed by atoms with E-state index in [0.717, 1.165) is 37.7 Å². The van der Waals surface area contributed by atoms with Gasteiger partial charge in [-0.25, -0.2) is 0 Å². The Labute approximate surface area is 122 Å². The van der Waals surface area contributed by atoms with Crippen molar-refractivity contribution in [3.63, 3.8) is 0 Å². The summed E-state index contributed by atoms with van der Waals surface area (Å²) >= 11 is 0. The van der Waals surface area contributed by atoms with Crippen LogP contribution in [0.5, 0.6) is 0 Å². The van der Waals surface area contributed by atoms with Gasteiger partial charge in [0.1, 0.15) is 0 Å². The van der Waals surface area contributed by atoms with E-state index in [1.165, 1.54) is 6.07 Å². The Morgan fingerprint density at radius 1 is 1.29 bits per heavy atom. The van der Waals surface area contributed by atoms with E-state index in [4.69, 9.17) is 10.5 Å². The van der Waals surface area contributed by atoms with Gasteiger partial charge in [-0.3, -0.25) is 0 Å². The molecule has 0 amide bonds. The number of hydrogen-bond acceptors (Lipinski definition) is 3. The maximum atomic E-state index is 12.9. The van der Waals surface area contributed by atoms with Crippen LogP contribution in [0.2, 0.25) is 0 Å². The number of ether oxygens (including phenoxy) is 1. The van der Waals surface area contributed by atoms with Crippen molar-refractivity contribution >= 4 is 5.69 Å². The lowest BCUT2D eigenvalue weighted by Crippen LogP contribution is -2.37. The molecule has 118 valence electrons. The predicted octanol–water partition coefficient (Wildman–Crippen LogP) is 3.17. The molecular formula is C15H21F3N2O. The third kappa shape index (κ3) is 3.89. The van der Waals surface area contributed by atoms with Gasteiger partial charge in [0, 0.05) is 31.9 Å². The summed E-state index contributed by atoms with van der Waals surface area (Å²) in [7, 11) is 0. The SMILES string of the molecule is CCOC1CCN(c2ccc(C(F)(F)F)c(CN)c2)CC1. The number of piperidine rings is 1. The first-order valence-corrected chi connectivity index (χ1v) is 7.22. The quantitative estimate of drug-likeness (QED) is 0.928. The molecule has 0 unspecified atom stereocenters. The monoisotopic (exact) mass is 302 g/mol. The zero-order valence-corrected chi connectivity index (χ0v) is 12.1. The van der Waals surface area contributed by atoms with Crippen molar-refractivity contribution in [2.75, 3.05) is 24.6 Å². The van der Waals surface area contributed by atoms with Gasteiger partial charge in [-0.15, -0.1) is 0 Å². The highest BCUT2D eigenvalue weighted by molar-refractivity contribution is 5.52. The van der Waals surface area contributed by atoms with Gasteiger partial charge in [0.2, 0.25) is 0 Å². The van der Waals surface area contributed by atoms with E-state index in [1.54, 1.807) is 6.07 Å². The Morgan fingerprint density at radius 2 is 1.95 bits per heavy atom. The highest BCUT2D eigenvalue weighted by Crippen LogP contribution is 2.34. The van der Waals surface area contributed by atoms with Crippen molar-refractivity contribution in [1.29, 1.82) is 0 Å². The average Bonchev–Trinajstić information content (AvgIpc) is 2.47. The van der Waals surface area contributed by atoms with Crippen LogP contribution in [0.1, 0.15) is 30.9 Å². The van der Waals surface area contributed by atoms with Gasteiger partial charge in [-0.1, -0.05) is 0 Å². The van der Waals surface area contributed by atoms with Crippen LogP contribution in [0.25, 0.3) is 0 Å². The third-order valence-corrected chi connectivity index (χ3v) is 3.82. The fourth-order valence-corrected chi connectivity index (χ4v) is 2.74. The minimum Gasteiger partial charge on any atom is -0.378 e. The molecule has 1 aromatic rings. The van der Waals surface area contributed by atoms with Gasteiger partial charge >= 0.3 is 6.18 Å². The Balaban J connectivity index is 2.12. The van der Waals surface area contributed by atoms with Crippen LogP contribution in [0.15, 0.2) is 18.2 Å². The Hall–Kier alpha value is -1.27. The van der Waals surface area contributed by atoms with Gasteiger partial charge in [0.05, 0.1) is 11.7 Å². The van der Waals surface area contributed by atoms with Crippen LogP contribution in [0.3, 0.4) is 0 Å². The molecule has 0 aromatic heterocycles. The summed E-state index contributed by atoms with van der Waals surface area (Å²) in [5.41, 5.74) is 5.78. The fourth-order valence-electron chi connectivity index (χ4n) is 2.74. The van der Waals surface area contributed by atoms with Crippen molar-refractivity contribution in [3.8, 4) is 0 Å². The van der Waals surface area contributed by atoms with Crippen LogP contribution in [0, 0.1) is 0 Å². The van der Waals surface area contributed by atoms with E-state index >= 15 is 0 Å². The summed E-state index contributed by atoms with van der Waals surface area (Å²) in [6.07, 6.45) is -2.30. The number of nitrogens with zero attached hydrogens (tertiary/aromatic N) is 1. The van der Waals surface area contributed by atoms with Crippen LogP contribution in [0.4, 0.5) is 18.9 Å². The lowest BCUT2D eigenvalue weighted by molar-refractivity contribution is -0.138. The molecule has 1 aliphatic rings. The Morgan fingerprint density at radius 3 is 2.48 bits per heavy atom. The number of halogens is 3. The van der Waals surface area contributed by atoms with Crippen molar-refractivity contribution in [2.45, 2.75) is 38.6 Å². The first-order valence-electron chi connectivity index (χ1n) is 7.22. The van der Waals surface area contributed by atoms with E-state index in [0.29, 0.717) is 6.61 Å². The van der Waals surface area contributed by atoms with Crippen LogP contribution >= 0.6 is 0 Å². The maximum Gasteiger partial charge on any atom is 0.416 e. The number of rotatable bonds is 4. The highest BCUT2D eigenvalue weighted by atomic mass is 19.4. The molecule has 0 spiro atoms. The molecule has 1 saturated heterocycles. The number of hydrogen-bond donors (Lipinski definition) is 1. The van der Waals surface area contributed by atoms with Crippen molar-refractivity contribution in [2.24, 2.45) is 5.73 Å². The van der Waals surface area contributed by atoms with E-state index in [2.05, 4.69) is 4.90 Å². The zero-order valence-electron chi connectivity index (χ0n) is 12.1. The molecule has 0 radical (unpaired) electrons. The molecule has 1 aliphatic heterocycles. The number of benzene rings is 1. The first-order chi connectivity index (χ1) is 9.95. The lowest BCUT2D eigenvalue weighted by Gasteiger charge is -2.33. The van der Waals surface area contributed by atoms with Gasteiger partial charge in [-0.05, 0) is 43.5 Å². The topological polar surface area (TPSA) is 38.5 Å². The summed E-state index contributed by atoms with van der Waals surface area (Å²) in [6, 6.07) is 4.22. The second-order valence-electron chi connectivity index (χ2n) is 5.19. The molecular weight excluding hydrogens is 281 g/mol. The van der Waals surface area contributed by atoms with Crippen molar-refractivity contribution in [3.05, 3.63) is 29.3 Å². The molecule has 2 N–H and O–H groups in total. The third-order valence-electron chi connectivity index (χ3n) is 3.82. The molecule has 1 aromatic carbocycles. The molecule has 1 heterocycles. The summed E-state index contributed by atoms with van der Waals surface area (Å²) in [6.45, 7) is 4.14. The largest absolute Gasteiger partial charge is 0.416 e. The van der Waals surface area contributed by atoms with E-state index < -0.39 is 11.7 Å². The molecule has 6 heteroatoms. The summed E-state index contributed by atoms with van der Waals surface area (Å²) in [5.74, 6) is 0.